The Morgan fingerprint density at radius 1 is 0.833 bits per heavy atom. The summed E-state index contributed by atoms with van der Waals surface area (Å²) in [7, 11) is -1.70. The maximum absolute atomic E-state index is 11.9. The monoisotopic (exact) mass is 432 g/mol. The first-order chi connectivity index (χ1) is 14.2. The van der Waals surface area contributed by atoms with E-state index in [4.69, 9.17) is 9.47 Å². The molecular formula is C23H32O6Si. The third kappa shape index (κ3) is 3.75. The molecule has 2 aromatic rings. The molecule has 1 unspecified atom stereocenters. The van der Waals surface area contributed by atoms with Crippen molar-refractivity contribution in [3.05, 3.63) is 60.7 Å². The zero-order valence-electron chi connectivity index (χ0n) is 17.8. The fraction of sp³-hybridized carbons (Fsp3) is 0.478. The maximum atomic E-state index is 11.9. The third-order valence-corrected chi connectivity index (χ3v) is 12.3. The number of hydrogen-bond donors (Lipinski definition) is 4. The van der Waals surface area contributed by atoms with Gasteiger partial charge in [0.05, 0.1) is 5.73 Å². The molecule has 7 heteroatoms. The predicted molar refractivity (Wildman–Crippen MR) is 117 cm³/mol. The summed E-state index contributed by atoms with van der Waals surface area (Å²) in [5.41, 5.74) is -1.13. The van der Waals surface area contributed by atoms with Crippen molar-refractivity contribution in [1.82, 2.24) is 0 Å². The van der Waals surface area contributed by atoms with Gasteiger partial charge < -0.3 is 29.9 Å². The van der Waals surface area contributed by atoms with E-state index < -0.39 is 44.5 Å². The molecule has 1 fully saturated rings. The summed E-state index contributed by atoms with van der Waals surface area (Å²) in [4.78, 5) is 0. The Morgan fingerprint density at radius 2 is 1.30 bits per heavy atom. The zero-order valence-corrected chi connectivity index (χ0v) is 18.8. The van der Waals surface area contributed by atoms with Crippen molar-refractivity contribution < 1.29 is 29.9 Å². The van der Waals surface area contributed by atoms with E-state index >= 15 is 0 Å². The van der Waals surface area contributed by atoms with E-state index in [9.17, 15) is 20.4 Å². The van der Waals surface area contributed by atoms with Gasteiger partial charge in [-0.2, -0.15) is 0 Å². The minimum atomic E-state index is -3.05. The Balaban J connectivity index is 2.22. The topological polar surface area (TPSA) is 99.4 Å². The summed E-state index contributed by atoms with van der Waals surface area (Å²) < 4.78 is 11.0. The second-order valence-electron chi connectivity index (χ2n) is 8.91. The van der Waals surface area contributed by atoms with Crippen LogP contribution in [0, 0.1) is 0 Å². The van der Waals surface area contributed by atoms with Crippen LogP contribution in [0.15, 0.2) is 60.7 Å². The molecule has 3 rings (SSSR count). The molecule has 2 aromatic carbocycles. The second kappa shape index (κ2) is 8.88. The van der Waals surface area contributed by atoms with E-state index in [0.717, 1.165) is 10.4 Å². The van der Waals surface area contributed by atoms with Crippen LogP contribution in [0.5, 0.6) is 0 Å². The van der Waals surface area contributed by atoms with Crippen molar-refractivity contribution in [3.8, 4) is 0 Å². The van der Waals surface area contributed by atoms with Gasteiger partial charge in [0, 0.05) is 7.11 Å². The Bertz CT molecular complexity index is 768. The third-order valence-electron chi connectivity index (χ3n) is 6.23. The number of benzene rings is 2. The Labute approximate surface area is 178 Å². The lowest BCUT2D eigenvalue weighted by Crippen LogP contribution is -2.77. The molecule has 0 spiro atoms. The Kier molecular flexibility index (Phi) is 6.83. The zero-order chi connectivity index (χ0) is 22.1. The van der Waals surface area contributed by atoms with Crippen molar-refractivity contribution >= 4 is 18.4 Å². The summed E-state index contributed by atoms with van der Waals surface area (Å²) in [5, 5.41) is 44.9. The van der Waals surface area contributed by atoms with Crippen LogP contribution in [-0.4, -0.2) is 72.0 Å². The van der Waals surface area contributed by atoms with E-state index in [-0.39, 0.29) is 5.04 Å². The van der Waals surface area contributed by atoms with Crippen LogP contribution in [0.4, 0.5) is 0 Å². The minimum Gasteiger partial charge on any atom is -0.393 e. The van der Waals surface area contributed by atoms with E-state index in [1.54, 1.807) is 0 Å². The van der Waals surface area contributed by atoms with Gasteiger partial charge in [-0.25, -0.2) is 0 Å². The molecule has 164 valence electrons. The summed E-state index contributed by atoms with van der Waals surface area (Å²) in [6.07, 6.45) is -6.67. The minimum absolute atomic E-state index is 0.387. The lowest BCUT2D eigenvalue weighted by Gasteiger charge is -2.52. The van der Waals surface area contributed by atoms with Gasteiger partial charge in [0.1, 0.15) is 24.4 Å². The number of aliphatic hydroxyl groups is 4. The standard InChI is InChI=1S/C23H32O6Si/c1-23(2,3)30(15-11-7-5-8-12-15,16-13-9-6-10-14-16)21(27)20-18(25)17(24)19(26)22(28-4)29-20/h5-14,17-22,24-27H,1-4H3/t17-,18-,19+,20-,21?,22-/m0/s1. The molecule has 0 bridgehead atoms. The van der Waals surface area contributed by atoms with Crippen LogP contribution in [0.2, 0.25) is 5.04 Å². The van der Waals surface area contributed by atoms with E-state index in [2.05, 4.69) is 20.8 Å². The number of rotatable bonds is 5. The molecule has 4 N–H and O–H groups in total. The van der Waals surface area contributed by atoms with Gasteiger partial charge in [-0.05, 0) is 5.04 Å². The van der Waals surface area contributed by atoms with Crippen LogP contribution in [0.3, 0.4) is 0 Å². The largest absolute Gasteiger partial charge is 0.393 e. The average molecular weight is 433 g/mol. The summed E-state index contributed by atoms with van der Waals surface area (Å²) in [5.74, 6) is 0. The predicted octanol–water partition coefficient (Wildman–Crippen LogP) is 0.404. The van der Waals surface area contributed by atoms with Crippen molar-refractivity contribution in [1.29, 1.82) is 0 Å². The quantitative estimate of drug-likeness (QED) is 0.511. The molecule has 0 saturated carbocycles. The summed E-state index contributed by atoms with van der Waals surface area (Å²) in [6.45, 7) is 6.24. The van der Waals surface area contributed by atoms with Crippen LogP contribution in [0.1, 0.15) is 20.8 Å². The van der Waals surface area contributed by atoms with Gasteiger partial charge >= 0.3 is 0 Å². The Morgan fingerprint density at radius 3 is 1.70 bits per heavy atom. The molecule has 0 aromatic heterocycles. The molecule has 0 amide bonds. The van der Waals surface area contributed by atoms with Crippen molar-refractivity contribution in [2.75, 3.05) is 7.11 Å². The molecule has 6 nitrogen and oxygen atoms in total. The average Bonchev–Trinajstić information content (AvgIpc) is 2.73. The lowest BCUT2D eigenvalue weighted by molar-refractivity contribution is -0.298. The van der Waals surface area contributed by atoms with Crippen molar-refractivity contribution in [2.45, 2.75) is 62.2 Å². The molecule has 0 radical (unpaired) electrons. The molecule has 1 aliphatic heterocycles. The second-order valence-corrected chi connectivity index (χ2v) is 13.8. The fourth-order valence-electron chi connectivity index (χ4n) is 4.80. The molecule has 1 saturated heterocycles. The van der Waals surface area contributed by atoms with Crippen LogP contribution in [-0.2, 0) is 9.47 Å². The number of ether oxygens (including phenoxy) is 2. The first-order valence-corrected chi connectivity index (χ1v) is 12.3. The maximum Gasteiger partial charge on any atom is 0.186 e. The number of methoxy groups -OCH3 is 1. The fourth-order valence-corrected chi connectivity index (χ4v) is 10.6. The van der Waals surface area contributed by atoms with Gasteiger partial charge in [-0.3, -0.25) is 0 Å². The number of hydrogen-bond acceptors (Lipinski definition) is 6. The van der Waals surface area contributed by atoms with Crippen LogP contribution >= 0.6 is 0 Å². The van der Waals surface area contributed by atoms with Gasteiger partial charge in [-0.1, -0.05) is 91.8 Å². The molecular weight excluding hydrogens is 400 g/mol. The van der Waals surface area contributed by atoms with Crippen LogP contribution in [0.25, 0.3) is 0 Å². The summed E-state index contributed by atoms with van der Waals surface area (Å²) in [6, 6.07) is 19.6. The molecule has 1 heterocycles. The molecule has 0 aliphatic carbocycles. The van der Waals surface area contributed by atoms with E-state index in [0.29, 0.717) is 0 Å². The van der Waals surface area contributed by atoms with E-state index in [1.807, 2.05) is 60.7 Å². The van der Waals surface area contributed by atoms with Gasteiger partial charge in [0.2, 0.25) is 0 Å². The smallest absolute Gasteiger partial charge is 0.186 e. The SMILES string of the molecule is CO[C@H]1O[C@H](C(O)[Si](c2ccccc2)(c2ccccc2)C(C)(C)C)[C@@H](O)[C@H](O)[C@H]1O. The summed E-state index contributed by atoms with van der Waals surface area (Å²) >= 11 is 0. The van der Waals surface area contributed by atoms with Gasteiger partial charge in [0.25, 0.3) is 0 Å². The van der Waals surface area contributed by atoms with E-state index in [1.165, 1.54) is 7.11 Å². The van der Waals surface area contributed by atoms with Gasteiger partial charge in [-0.15, -0.1) is 0 Å². The first-order valence-electron chi connectivity index (χ1n) is 10.2. The van der Waals surface area contributed by atoms with Crippen molar-refractivity contribution in [3.63, 3.8) is 0 Å². The molecule has 1 aliphatic rings. The lowest BCUT2D eigenvalue weighted by atomic mass is 9.99. The molecule has 6 atom stereocenters. The Hall–Kier alpha value is -1.58. The highest BCUT2D eigenvalue weighted by molar-refractivity contribution is 7.05. The van der Waals surface area contributed by atoms with Crippen LogP contribution < -0.4 is 10.4 Å². The molecule has 30 heavy (non-hydrogen) atoms. The highest BCUT2D eigenvalue weighted by Crippen LogP contribution is 2.41. The highest BCUT2D eigenvalue weighted by Gasteiger charge is 2.59. The highest BCUT2D eigenvalue weighted by atomic mass is 28.3. The first kappa shape index (κ1) is 23.1. The number of aliphatic hydroxyl groups excluding tert-OH is 4. The van der Waals surface area contributed by atoms with Gasteiger partial charge in [0.15, 0.2) is 14.4 Å². The normalized spacial score (nSPS) is 28.9. The van der Waals surface area contributed by atoms with Crippen molar-refractivity contribution in [2.24, 2.45) is 0 Å².